The Bertz CT molecular complexity index is 644. The largest absolute Gasteiger partial charge is 0.461 e. The molecular formula is C20H29N3O4. The van der Waals surface area contributed by atoms with Gasteiger partial charge >= 0.3 is 5.97 Å². The number of nitrogens with two attached hydrogens (primary N) is 1. The molecule has 2 rings (SSSR count). The average molecular weight is 375 g/mol. The third kappa shape index (κ3) is 6.67. The zero-order valence-corrected chi connectivity index (χ0v) is 15.9. The third-order valence-corrected chi connectivity index (χ3v) is 4.64. The van der Waals surface area contributed by atoms with Gasteiger partial charge in [-0.05, 0) is 37.2 Å². The van der Waals surface area contributed by atoms with E-state index in [1.54, 1.807) is 0 Å². The van der Waals surface area contributed by atoms with Crippen molar-refractivity contribution in [1.29, 1.82) is 0 Å². The Morgan fingerprint density at radius 1 is 1.15 bits per heavy atom. The summed E-state index contributed by atoms with van der Waals surface area (Å²) in [6, 6.07) is 7.92. The van der Waals surface area contributed by atoms with E-state index in [0.717, 1.165) is 24.8 Å². The maximum absolute atomic E-state index is 12.4. The summed E-state index contributed by atoms with van der Waals surface area (Å²) in [4.78, 5) is 36.5. The zero-order chi connectivity index (χ0) is 19.8. The lowest BCUT2D eigenvalue weighted by Gasteiger charge is -2.26. The Morgan fingerprint density at radius 3 is 2.37 bits per heavy atom. The molecule has 0 bridgehead atoms. The minimum Gasteiger partial charge on any atom is -0.461 e. The van der Waals surface area contributed by atoms with E-state index in [-0.39, 0.29) is 18.6 Å². The van der Waals surface area contributed by atoms with E-state index in [1.165, 1.54) is 0 Å². The predicted octanol–water partition coefficient (Wildman–Crippen LogP) is 0.909. The SMILES string of the molecule is CC(C)C(NC(=O)C(N)Cc1ccccc1)C(=O)NCC(=O)OC1CCC1. The number of hydrogen-bond donors (Lipinski definition) is 3. The number of esters is 1. The van der Waals surface area contributed by atoms with Gasteiger partial charge in [0.05, 0.1) is 6.04 Å². The van der Waals surface area contributed by atoms with Crippen LogP contribution in [0.15, 0.2) is 30.3 Å². The van der Waals surface area contributed by atoms with Crippen LogP contribution in [0.5, 0.6) is 0 Å². The summed E-state index contributed by atoms with van der Waals surface area (Å²) in [5, 5.41) is 5.24. The maximum Gasteiger partial charge on any atom is 0.325 e. The van der Waals surface area contributed by atoms with Crippen molar-refractivity contribution in [1.82, 2.24) is 10.6 Å². The van der Waals surface area contributed by atoms with Gasteiger partial charge in [0.2, 0.25) is 11.8 Å². The Balaban J connectivity index is 1.82. The molecule has 148 valence electrons. The molecule has 1 fully saturated rings. The smallest absolute Gasteiger partial charge is 0.325 e. The second-order valence-corrected chi connectivity index (χ2v) is 7.29. The lowest BCUT2D eigenvalue weighted by molar-refractivity contribution is -0.152. The van der Waals surface area contributed by atoms with E-state index in [1.807, 2.05) is 44.2 Å². The average Bonchev–Trinajstić information content (AvgIpc) is 2.61. The van der Waals surface area contributed by atoms with Crippen molar-refractivity contribution in [2.75, 3.05) is 6.54 Å². The van der Waals surface area contributed by atoms with E-state index in [4.69, 9.17) is 10.5 Å². The number of amides is 2. The van der Waals surface area contributed by atoms with Crippen LogP contribution in [0.3, 0.4) is 0 Å². The summed E-state index contributed by atoms with van der Waals surface area (Å²) in [5.41, 5.74) is 6.93. The van der Waals surface area contributed by atoms with E-state index in [2.05, 4.69) is 10.6 Å². The summed E-state index contributed by atoms with van der Waals surface area (Å²) < 4.78 is 5.20. The zero-order valence-electron chi connectivity index (χ0n) is 15.9. The molecule has 7 heteroatoms. The Hall–Kier alpha value is -2.41. The fourth-order valence-corrected chi connectivity index (χ4v) is 2.74. The highest BCUT2D eigenvalue weighted by atomic mass is 16.5. The van der Waals surface area contributed by atoms with Gasteiger partial charge in [0.1, 0.15) is 18.7 Å². The number of carbonyl (C=O) groups excluding carboxylic acids is 3. The van der Waals surface area contributed by atoms with Crippen molar-refractivity contribution in [3.8, 4) is 0 Å². The lowest BCUT2D eigenvalue weighted by Crippen LogP contribution is -2.54. The fraction of sp³-hybridized carbons (Fsp3) is 0.550. The second kappa shape index (κ2) is 10.1. The van der Waals surface area contributed by atoms with Crippen LogP contribution < -0.4 is 16.4 Å². The lowest BCUT2D eigenvalue weighted by atomic mass is 9.96. The molecule has 1 aliphatic carbocycles. The Kier molecular flexibility index (Phi) is 7.79. The van der Waals surface area contributed by atoms with E-state index in [9.17, 15) is 14.4 Å². The molecule has 7 nitrogen and oxygen atoms in total. The summed E-state index contributed by atoms with van der Waals surface area (Å²) in [6.07, 6.45) is 3.18. The molecule has 4 N–H and O–H groups in total. The molecule has 27 heavy (non-hydrogen) atoms. The highest BCUT2D eigenvalue weighted by Gasteiger charge is 2.27. The maximum atomic E-state index is 12.4. The van der Waals surface area contributed by atoms with Crippen LogP contribution in [-0.2, 0) is 25.5 Å². The first kappa shape index (κ1) is 20.9. The van der Waals surface area contributed by atoms with Crippen LogP contribution in [0.4, 0.5) is 0 Å². The van der Waals surface area contributed by atoms with Crippen LogP contribution in [-0.4, -0.2) is 42.5 Å². The second-order valence-electron chi connectivity index (χ2n) is 7.29. The van der Waals surface area contributed by atoms with Gasteiger partial charge < -0.3 is 21.1 Å². The van der Waals surface area contributed by atoms with Crippen LogP contribution in [0.2, 0.25) is 0 Å². The highest BCUT2D eigenvalue weighted by Crippen LogP contribution is 2.21. The number of carbonyl (C=O) groups is 3. The van der Waals surface area contributed by atoms with Gasteiger partial charge in [0.25, 0.3) is 0 Å². The molecule has 0 aliphatic heterocycles. The highest BCUT2D eigenvalue weighted by molar-refractivity contribution is 5.91. The van der Waals surface area contributed by atoms with Gasteiger partial charge in [-0.1, -0.05) is 44.2 Å². The van der Waals surface area contributed by atoms with Gasteiger partial charge in [0, 0.05) is 0 Å². The van der Waals surface area contributed by atoms with E-state index in [0.29, 0.717) is 6.42 Å². The van der Waals surface area contributed by atoms with E-state index < -0.39 is 29.9 Å². The van der Waals surface area contributed by atoms with Crippen molar-refractivity contribution < 1.29 is 19.1 Å². The summed E-state index contributed by atoms with van der Waals surface area (Å²) in [6.45, 7) is 3.43. The number of hydrogen-bond acceptors (Lipinski definition) is 5. The number of benzene rings is 1. The standard InChI is InChI=1S/C20H29N3O4/c1-13(2)18(20(26)22-12-17(24)27-15-9-6-10-15)23-19(25)16(21)11-14-7-4-3-5-8-14/h3-5,7-8,13,15-16,18H,6,9-12,21H2,1-2H3,(H,22,26)(H,23,25). The quantitative estimate of drug-likeness (QED) is 0.556. The van der Waals surface area contributed by atoms with Gasteiger partial charge in [-0.3, -0.25) is 14.4 Å². The first-order chi connectivity index (χ1) is 12.9. The molecule has 0 spiro atoms. The number of rotatable bonds is 9. The molecule has 1 aromatic rings. The topological polar surface area (TPSA) is 111 Å². The molecule has 2 unspecified atom stereocenters. The van der Waals surface area contributed by atoms with Crippen LogP contribution >= 0.6 is 0 Å². The molecule has 1 saturated carbocycles. The first-order valence-corrected chi connectivity index (χ1v) is 9.44. The Labute approximate surface area is 160 Å². The van der Waals surface area contributed by atoms with Crippen LogP contribution in [0, 0.1) is 5.92 Å². The molecule has 1 aliphatic rings. The number of nitrogens with one attached hydrogen (secondary N) is 2. The first-order valence-electron chi connectivity index (χ1n) is 9.44. The van der Waals surface area contributed by atoms with Crippen LogP contribution in [0.25, 0.3) is 0 Å². The summed E-state index contributed by atoms with van der Waals surface area (Å²) in [7, 11) is 0. The molecule has 0 saturated heterocycles. The van der Waals surface area contributed by atoms with Crippen molar-refractivity contribution in [3.63, 3.8) is 0 Å². The van der Waals surface area contributed by atoms with Crippen molar-refractivity contribution in [3.05, 3.63) is 35.9 Å². The molecule has 2 atom stereocenters. The predicted molar refractivity (Wildman–Crippen MR) is 102 cm³/mol. The number of ether oxygens (including phenoxy) is 1. The van der Waals surface area contributed by atoms with Crippen molar-refractivity contribution in [2.45, 2.75) is 57.7 Å². The van der Waals surface area contributed by atoms with Crippen LogP contribution in [0.1, 0.15) is 38.7 Å². The minimum atomic E-state index is -0.768. The van der Waals surface area contributed by atoms with Gasteiger partial charge in [-0.2, -0.15) is 0 Å². The summed E-state index contributed by atoms with van der Waals surface area (Å²) >= 11 is 0. The Morgan fingerprint density at radius 2 is 1.81 bits per heavy atom. The van der Waals surface area contributed by atoms with Crippen molar-refractivity contribution >= 4 is 17.8 Å². The molecule has 0 heterocycles. The third-order valence-electron chi connectivity index (χ3n) is 4.64. The van der Waals surface area contributed by atoms with Gasteiger partial charge in [0.15, 0.2) is 0 Å². The van der Waals surface area contributed by atoms with Crippen molar-refractivity contribution in [2.24, 2.45) is 11.7 Å². The van der Waals surface area contributed by atoms with Gasteiger partial charge in [-0.15, -0.1) is 0 Å². The molecular weight excluding hydrogens is 346 g/mol. The fourth-order valence-electron chi connectivity index (χ4n) is 2.74. The molecule has 0 aromatic heterocycles. The molecule has 1 aromatic carbocycles. The van der Waals surface area contributed by atoms with Gasteiger partial charge in [-0.25, -0.2) is 0 Å². The minimum absolute atomic E-state index is 0.0222. The normalized spacial score (nSPS) is 16.1. The monoisotopic (exact) mass is 375 g/mol. The molecule has 2 amide bonds. The summed E-state index contributed by atoms with van der Waals surface area (Å²) in [5.74, 6) is -1.43. The molecule has 0 radical (unpaired) electrons. The van der Waals surface area contributed by atoms with E-state index >= 15 is 0 Å².